The van der Waals surface area contributed by atoms with Crippen molar-refractivity contribution in [2.24, 2.45) is 0 Å². The second-order valence-corrected chi connectivity index (χ2v) is 6.21. The van der Waals surface area contributed by atoms with E-state index in [1.165, 1.54) is 6.07 Å². The third kappa shape index (κ3) is 3.94. The molecule has 1 aromatic carbocycles. The maximum atomic E-state index is 10.7. The molecule has 0 aliphatic carbocycles. The van der Waals surface area contributed by atoms with E-state index in [1.807, 2.05) is 0 Å². The van der Waals surface area contributed by atoms with Crippen LogP contribution < -0.4 is 5.32 Å². The smallest absolute Gasteiger partial charge is 0.288 e. The average molecular weight is 387 g/mol. The van der Waals surface area contributed by atoms with Crippen LogP contribution in [0.1, 0.15) is 12.5 Å². The summed E-state index contributed by atoms with van der Waals surface area (Å²) in [6.07, 6.45) is 1.15. The van der Waals surface area contributed by atoms with Gasteiger partial charge in [-0.2, -0.15) is 0 Å². The van der Waals surface area contributed by atoms with Gasteiger partial charge in [-0.25, -0.2) is 4.98 Å². The third-order valence-electron chi connectivity index (χ3n) is 3.08. The van der Waals surface area contributed by atoms with Crippen LogP contribution in [0.25, 0.3) is 0 Å². The summed E-state index contributed by atoms with van der Waals surface area (Å²) >= 11 is 9.14. The van der Waals surface area contributed by atoms with Gasteiger partial charge in [-0.15, -0.1) is 0 Å². The van der Waals surface area contributed by atoms with E-state index in [4.69, 9.17) is 11.6 Å². The van der Waals surface area contributed by atoms with Gasteiger partial charge in [-0.3, -0.25) is 10.1 Å². The Hall–Kier alpha value is -1.70. The van der Waals surface area contributed by atoms with Crippen LogP contribution in [0.3, 0.4) is 0 Å². The number of benzene rings is 1. The normalized spacial score (nSPS) is 13.5. The molecule has 1 aromatic heterocycles. The number of halogens is 2. The van der Waals surface area contributed by atoms with E-state index < -0.39 is 10.5 Å². The van der Waals surface area contributed by atoms with Crippen molar-refractivity contribution < 1.29 is 10.0 Å². The number of hydrogen-bond donors (Lipinski definition) is 2. The molecule has 2 aromatic rings. The zero-order chi connectivity index (χ0) is 16.3. The Morgan fingerprint density at radius 1 is 1.50 bits per heavy atom. The van der Waals surface area contributed by atoms with Crippen LogP contribution in [0.15, 0.2) is 41.0 Å². The van der Waals surface area contributed by atoms with Gasteiger partial charge >= 0.3 is 0 Å². The van der Waals surface area contributed by atoms with Crippen LogP contribution in [0.2, 0.25) is 5.02 Å². The molecule has 1 atom stereocenters. The Morgan fingerprint density at radius 3 is 2.82 bits per heavy atom. The van der Waals surface area contributed by atoms with E-state index in [2.05, 4.69) is 26.2 Å². The molecule has 0 spiro atoms. The van der Waals surface area contributed by atoms with E-state index in [0.29, 0.717) is 20.9 Å². The van der Waals surface area contributed by atoms with Crippen LogP contribution in [-0.2, 0) is 5.60 Å². The fourth-order valence-corrected chi connectivity index (χ4v) is 2.51. The lowest BCUT2D eigenvalue weighted by Gasteiger charge is -2.25. The summed E-state index contributed by atoms with van der Waals surface area (Å²) in [5.41, 5.74) is -0.627. The molecule has 0 radical (unpaired) electrons. The van der Waals surface area contributed by atoms with Gasteiger partial charge in [0.25, 0.3) is 5.69 Å². The minimum absolute atomic E-state index is 0.112. The molecule has 0 bridgehead atoms. The number of anilines is 1. The van der Waals surface area contributed by atoms with Crippen molar-refractivity contribution >= 4 is 39.0 Å². The van der Waals surface area contributed by atoms with Crippen molar-refractivity contribution in [2.75, 3.05) is 11.9 Å². The first-order valence-corrected chi connectivity index (χ1v) is 7.49. The summed E-state index contributed by atoms with van der Waals surface area (Å²) < 4.78 is 0.448. The number of hydrogen-bond acceptors (Lipinski definition) is 5. The highest BCUT2D eigenvalue weighted by molar-refractivity contribution is 9.10. The number of nitrogens with zero attached hydrogens (tertiary/aromatic N) is 2. The maximum Gasteiger partial charge on any atom is 0.288 e. The Morgan fingerprint density at radius 2 is 2.23 bits per heavy atom. The van der Waals surface area contributed by atoms with Crippen molar-refractivity contribution in [2.45, 2.75) is 12.5 Å². The molecule has 0 fully saturated rings. The molecule has 0 aliphatic heterocycles. The number of aromatic nitrogens is 1. The van der Waals surface area contributed by atoms with Gasteiger partial charge in [0.05, 0.1) is 9.40 Å². The first-order valence-electron chi connectivity index (χ1n) is 6.32. The van der Waals surface area contributed by atoms with Gasteiger partial charge in [0.15, 0.2) is 0 Å². The van der Waals surface area contributed by atoms with Crippen LogP contribution in [-0.4, -0.2) is 21.6 Å². The number of pyridine rings is 1. The molecule has 2 N–H and O–H groups in total. The number of nitrogens with one attached hydrogen (secondary N) is 1. The molecule has 0 saturated carbocycles. The van der Waals surface area contributed by atoms with Crippen LogP contribution in [0.4, 0.5) is 11.5 Å². The Labute approximate surface area is 140 Å². The molecule has 8 heteroatoms. The van der Waals surface area contributed by atoms with E-state index in [9.17, 15) is 15.2 Å². The lowest BCUT2D eigenvalue weighted by molar-refractivity contribution is -0.385. The average Bonchev–Trinajstić information content (AvgIpc) is 2.46. The summed E-state index contributed by atoms with van der Waals surface area (Å²) in [6, 6.07) is 8.28. The molecular weight excluding hydrogens is 374 g/mol. The largest absolute Gasteiger partial charge is 0.384 e. The Bertz CT molecular complexity index is 709. The van der Waals surface area contributed by atoms with E-state index >= 15 is 0 Å². The van der Waals surface area contributed by atoms with E-state index in [0.717, 1.165) is 6.20 Å². The number of rotatable bonds is 5. The zero-order valence-electron chi connectivity index (χ0n) is 11.6. The molecule has 1 unspecified atom stereocenters. The van der Waals surface area contributed by atoms with Gasteiger partial charge in [-0.05, 0) is 40.5 Å². The molecule has 6 nitrogen and oxygen atoms in total. The van der Waals surface area contributed by atoms with Crippen molar-refractivity contribution in [1.82, 2.24) is 4.98 Å². The van der Waals surface area contributed by atoms with Crippen molar-refractivity contribution in [3.63, 3.8) is 0 Å². The topological polar surface area (TPSA) is 88.3 Å². The molecule has 1 heterocycles. The van der Waals surface area contributed by atoms with Crippen LogP contribution in [0.5, 0.6) is 0 Å². The quantitative estimate of drug-likeness (QED) is 0.604. The second kappa shape index (κ2) is 6.60. The van der Waals surface area contributed by atoms with Crippen LogP contribution >= 0.6 is 27.5 Å². The van der Waals surface area contributed by atoms with Gasteiger partial charge in [-0.1, -0.05) is 23.7 Å². The summed E-state index contributed by atoms with van der Waals surface area (Å²) in [7, 11) is 0. The SMILES string of the molecule is CC(O)(CNc1ncc([N+](=O)[O-])cc1Br)c1cccc(Cl)c1. The Kier molecular flexibility index (Phi) is 5.00. The van der Waals surface area contributed by atoms with Crippen molar-refractivity contribution in [3.05, 3.63) is 61.7 Å². The summed E-state index contributed by atoms with van der Waals surface area (Å²) in [5, 5.41) is 24.7. The lowest BCUT2D eigenvalue weighted by Crippen LogP contribution is -2.31. The molecule has 0 amide bonds. The highest BCUT2D eigenvalue weighted by atomic mass is 79.9. The molecule has 2 rings (SSSR count). The maximum absolute atomic E-state index is 10.7. The van der Waals surface area contributed by atoms with Gasteiger partial charge in [0.2, 0.25) is 0 Å². The van der Waals surface area contributed by atoms with Gasteiger partial charge < -0.3 is 10.4 Å². The highest BCUT2D eigenvalue weighted by Gasteiger charge is 2.24. The number of aliphatic hydroxyl groups is 1. The number of nitro groups is 1. The second-order valence-electron chi connectivity index (χ2n) is 4.92. The predicted molar refractivity (Wildman–Crippen MR) is 88.1 cm³/mol. The minimum Gasteiger partial charge on any atom is -0.384 e. The summed E-state index contributed by atoms with van der Waals surface area (Å²) in [5.74, 6) is 0.410. The first kappa shape index (κ1) is 16.7. The fourth-order valence-electron chi connectivity index (χ4n) is 1.84. The predicted octanol–water partition coefficient (Wildman–Crippen LogP) is 3.73. The molecule has 22 heavy (non-hydrogen) atoms. The van der Waals surface area contributed by atoms with Crippen LogP contribution in [0, 0.1) is 10.1 Å². The standard InChI is InChI=1S/C14H13BrClN3O3/c1-14(20,9-3-2-4-10(16)5-9)8-18-13-12(15)6-11(7-17-13)19(21)22/h2-7,20H,8H2,1H3,(H,17,18). The zero-order valence-corrected chi connectivity index (χ0v) is 13.9. The summed E-state index contributed by atoms with van der Waals surface area (Å²) in [6.45, 7) is 1.81. The lowest BCUT2D eigenvalue weighted by atomic mass is 9.96. The fraction of sp³-hybridized carbons (Fsp3) is 0.214. The highest BCUT2D eigenvalue weighted by Crippen LogP contribution is 2.27. The monoisotopic (exact) mass is 385 g/mol. The van der Waals surface area contributed by atoms with Gasteiger partial charge in [0.1, 0.15) is 17.6 Å². The molecule has 116 valence electrons. The van der Waals surface area contributed by atoms with E-state index in [1.54, 1.807) is 31.2 Å². The van der Waals surface area contributed by atoms with Crippen molar-refractivity contribution in [3.8, 4) is 0 Å². The third-order valence-corrected chi connectivity index (χ3v) is 3.92. The first-order chi connectivity index (χ1) is 10.3. The van der Waals surface area contributed by atoms with E-state index in [-0.39, 0.29) is 12.2 Å². The van der Waals surface area contributed by atoms with Gasteiger partial charge in [0, 0.05) is 17.6 Å². The molecule has 0 saturated heterocycles. The summed E-state index contributed by atoms with van der Waals surface area (Å²) in [4.78, 5) is 14.1. The molecule has 0 aliphatic rings. The molecular formula is C14H13BrClN3O3. The Balaban J connectivity index is 2.13. The minimum atomic E-state index is -1.17. The van der Waals surface area contributed by atoms with Crippen molar-refractivity contribution in [1.29, 1.82) is 0 Å².